The second-order valence-electron chi connectivity index (χ2n) is 16.7. The lowest BCUT2D eigenvalue weighted by molar-refractivity contribution is -0.142. The molecule has 58 heavy (non-hydrogen) atoms. The van der Waals surface area contributed by atoms with Crippen LogP contribution in [0.1, 0.15) is 70.0 Å². The molecule has 2 aromatic carbocycles. The van der Waals surface area contributed by atoms with Crippen molar-refractivity contribution in [3.05, 3.63) is 83.3 Å². The molecule has 3 N–H and O–H groups in total. The van der Waals surface area contributed by atoms with E-state index in [1.807, 2.05) is 82.3 Å². The minimum Gasteiger partial charge on any atom is -0.497 e. The van der Waals surface area contributed by atoms with E-state index >= 15 is 0 Å². The summed E-state index contributed by atoms with van der Waals surface area (Å²) in [4.78, 5) is 65.1. The number of hydrogen-bond donors (Lipinski definition) is 3. The molecule has 1 saturated heterocycles. The van der Waals surface area contributed by atoms with Crippen molar-refractivity contribution in [2.45, 2.75) is 102 Å². The van der Waals surface area contributed by atoms with Crippen LogP contribution in [0.15, 0.2) is 72.6 Å². The maximum absolute atomic E-state index is 14.8. The van der Waals surface area contributed by atoms with Gasteiger partial charge in [-0.2, -0.15) is 0 Å². The van der Waals surface area contributed by atoms with Gasteiger partial charge in [-0.25, -0.2) is 14.8 Å². The highest BCUT2D eigenvalue weighted by Gasteiger charge is 2.66. The van der Waals surface area contributed by atoms with Crippen molar-refractivity contribution in [2.75, 3.05) is 13.7 Å². The summed E-state index contributed by atoms with van der Waals surface area (Å²) in [6.45, 7) is 11.2. The fourth-order valence-electron chi connectivity index (χ4n) is 8.16. The number of rotatable bonds is 13. The van der Waals surface area contributed by atoms with Gasteiger partial charge in [0.05, 0.1) is 41.7 Å². The molecule has 3 aliphatic rings. The first kappa shape index (κ1) is 41.4. The molecule has 2 saturated carbocycles. The van der Waals surface area contributed by atoms with Crippen molar-refractivity contribution < 1.29 is 38.1 Å². The number of likely N-dealkylation sites (tertiary alicyclic amines) is 1. The molecule has 7 rings (SSSR count). The van der Waals surface area contributed by atoms with Crippen LogP contribution >= 0.6 is 18.7 Å². The number of methoxy groups -OCH3 is 1. The van der Waals surface area contributed by atoms with Crippen LogP contribution in [0.25, 0.3) is 22.2 Å². The Bertz CT molecular complexity index is 2240. The van der Waals surface area contributed by atoms with Crippen LogP contribution in [0, 0.1) is 18.3 Å². The quantitative estimate of drug-likeness (QED) is 0.0902. The smallest absolute Gasteiger partial charge is 0.408 e. The Morgan fingerprint density at radius 3 is 2.48 bits per heavy atom. The highest BCUT2D eigenvalue weighted by molar-refractivity contribution is 7.59. The van der Waals surface area contributed by atoms with Gasteiger partial charge in [0.25, 0.3) is 0 Å². The molecule has 0 spiro atoms. The molecule has 3 amide bonds. The minimum absolute atomic E-state index is 0.00370. The van der Waals surface area contributed by atoms with Gasteiger partial charge in [0.1, 0.15) is 41.1 Å². The third kappa shape index (κ3) is 8.65. The van der Waals surface area contributed by atoms with E-state index in [9.17, 15) is 23.8 Å². The van der Waals surface area contributed by atoms with Gasteiger partial charge in [0.2, 0.25) is 19.2 Å². The topological polar surface area (TPSA) is 169 Å². The third-order valence-electron chi connectivity index (χ3n) is 11.4. The molecular formula is C43H52N5O8PS. The van der Waals surface area contributed by atoms with Gasteiger partial charge in [-0.05, 0) is 56.6 Å². The number of carbonyl (C=O) groups excluding carboxylic acids is 3. The zero-order valence-electron chi connectivity index (χ0n) is 33.6. The average molecular weight is 830 g/mol. The number of ether oxygens (including phenoxy) is 3. The molecule has 3 heterocycles. The maximum Gasteiger partial charge on any atom is 0.408 e. The first-order valence-corrected chi connectivity index (χ1v) is 22.5. The number of aromatic nitrogens is 2. The summed E-state index contributed by atoms with van der Waals surface area (Å²) in [5.41, 5.74) is 1.86. The number of carbonyl (C=O) groups is 3. The van der Waals surface area contributed by atoms with E-state index in [1.54, 1.807) is 18.6 Å². The number of fused-ring (bicyclic) bond motifs is 1. The van der Waals surface area contributed by atoms with Crippen LogP contribution in [0.4, 0.5) is 4.79 Å². The van der Waals surface area contributed by atoms with Crippen molar-refractivity contribution in [3.63, 3.8) is 0 Å². The Hall–Kier alpha value is -4.78. The van der Waals surface area contributed by atoms with Crippen LogP contribution in [-0.4, -0.2) is 80.9 Å². The number of alkyl carbamates (subject to hydrolysis) is 1. The molecule has 3 fully saturated rings. The zero-order chi connectivity index (χ0) is 41.4. The Morgan fingerprint density at radius 1 is 1.10 bits per heavy atom. The fourth-order valence-corrected chi connectivity index (χ4v) is 11.2. The highest BCUT2D eigenvalue weighted by Crippen LogP contribution is 2.70. The third-order valence-corrected chi connectivity index (χ3v) is 14.9. The van der Waals surface area contributed by atoms with Crippen molar-refractivity contribution >= 4 is 47.5 Å². The number of aryl methyl sites for hydroxylation is 1. The van der Waals surface area contributed by atoms with Gasteiger partial charge in [0, 0.05) is 40.8 Å². The molecule has 2 unspecified atom stereocenters. The predicted molar refractivity (Wildman–Crippen MR) is 223 cm³/mol. The lowest BCUT2D eigenvalue weighted by Gasteiger charge is -2.36. The zero-order valence-corrected chi connectivity index (χ0v) is 35.3. The summed E-state index contributed by atoms with van der Waals surface area (Å²) in [5, 5.41) is 7.52. The van der Waals surface area contributed by atoms with Crippen LogP contribution in [-0.2, 0) is 25.1 Å². The number of amides is 3. The molecule has 4 aromatic rings. The molecular weight excluding hydrogens is 778 g/mol. The fraction of sp³-hybridized carbons (Fsp3) is 0.465. The summed E-state index contributed by atoms with van der Waals surface area (Å²) in [6.07, 6.45) is 3.52. The van der Waals surface area contributed by atoms with Gasteiger partial charge in [0.15, 0.2) is 0 Å². The molecule has 2 aromatic heterocycles. The van der Waals surface area contributed by atoms with E-state index in [2.05, 4.69) is 22.2 Å². The summed E-state index contributed by atoms with van der Waals surface area (Å²) in [6, 6.07) is 14.8. The first-order valence-electron chi connectivity index (χ1n) is 19.8. The molecule has 0 radical (unpaired) electrons. The van der Waals surface area contributed by atoms with Crippen molar-refractivity contribution in [3.8, 4) is 22.8 Å². The maximum atomic E-state index is 14.8. The predicted octanol–water partition coefficient (Wildman–Crippen LogP) is 7.60. The monoisotopic (exact) mass is 829 g/mol. The lowest BCUT2D eigenvalue weighted by atomic mass is 9.85. The van der Waals surface area contributed by atoms with Crippen LogP contribution in [0.2, 0.25) is 0 Å². The molecule has 13 nitrogen and oxygen atoms in total. The largest absolute Gasteiger partial charge is 0.497 e. The molecule has 2 aliphatic carbocycles. The van der Waals surface area contributed by atoms with Gasteiger partial charge in [-0.1, -0.05) is 57.2 Å². The summed E-state index contributed by atoms with van der Waals surface area (Å²) in [5.74, 6) is -0.430. The van der Waals surface area contributed by atoms with Crippen LogP contribution < -0.4 is 20.1 Å². The minimum atomic E-state index is -4.11. The van der Waals surface area contributed by atoms with Gasteiger partial charge in [-0.3, -0.25) is 14.2 Å². The van der Waals surface area contributed by atoms with Gasteiger partial charge in [-0.15, -0.1) is 17.9 Å². The van der Waals surface area contributed by atoms with Crippen molar-refractivity contribution in [1.82, 2.24) is 25.5 Å². The Kier molecular flexibility index (Phi) is 11.7. The Labute approximate surface area is 343 Å². The SMILES string of the molecule is C=C[C@@H]1C[C@]1(NC(=O)[C@@H]1C[C@@H](Oc2cc(-c3ccccc3)nc3cc(OC)ccc23)CN1C(=O)C(NC(=O)OC1CCCC1)C(C)(C)C)P(=O)(O)Cc1csc(C)n1. The van der Waals surface area contributed by atoms with E-state index in [-0.39, 0.29) is 31.7 Å². The molecule has 308 valence electrons. The van der Waals surface area contributed by atoms with Gasteiger partial charge >= 0.3 is 6.09 Å². The number of hydrogen-bond acceptors (Lipinski definition) is 10. The number of pyridine rings is 1. The van der Waals surface area contributed by atoms with Gasteiger partial charge < -0.3 is 34.6 Å². The van der Waals surface area contributed by atoms with Crippen molar-refractivity contribution in [1.29, 1.82) is 0 Å². The Morgan fingerprint density at radius 2 is 1.84 bits per heavy atom. The highest BCUT2D eigenvalue weighted by atomic mass is 32.1. The molecule has 6 atom stereocenters. The number of thiazole rings is 1. The first-order chi connectivity index (χ1) is 27.6. The molecule has 1 aliphatic heterocycles. The lowest BCUT2D eigenvalue weighted by Crippen LogP contribution is -2.58. The standard InChI is InChI=1S/C43H52N5O8PS/c1-7-28-22-43(28,57(52,53)24-29-25-58-26(2)44-29)47-39(49)36-20-32(23-48(36)40(50)38(42(3,4)5)46-41(51)56-30-15-11-12-16-30)55-37-21-34(27-13-9-8-10-14-27)45-35-19-31(54-6)17-18-33(35)37/h7-10,13-14,17-19,21,25,28,30,32,36,38H,1,11-12,15-16,20,22-24H2,2-6H3,(H,46,51)(H,47,49)(H,52,53)/t28-,32-,36+,38?,43+/m1/s1. The second kappa shape index (κ2) is 16.5. The van der Waals surface area contributed by atoms with Crippen LogP contribution in [0.3, 0.4) is 0 Å². The Balaban J connectivity index is 1.22. The van der Waals surface area contributed by atoms with E-state index in [1.165, 1.54) is 16.2 Å². The van der Waals surface area contributed by atoms with E-state index in [0.717, 1.165) is 36.3 Å². The number of nitrogens with one attached hydrogen (secondary N) is 2. The number of nitrogens with zero attached hydrogens (tertiary/aromatic N) is 3. The summed E-state index contributed by atoms with van der Waals surface area (Å²) in [7, 11) is -2.52. The average Bonchev–Trinajstić information content (AvgIpc) is 3.53. The van der Waals surface area contributed by atoms with Crippen molar-refractivity contribution in [2.24, 2.45) is 11.3 Å². The summed E-state index contributed by atoms with van der Waals surface area (Å²) >= 11 is 1.38. The molecule has 15 heteroatoms. The van der Waals surface area contributed by atoms with Crippen LogP contribution in [0.5, 0.6) is 11.5 Å². The number of benzene rings is 2. The second-order valence-corrected chi connectivity index (χ2v) is 20.2. The van der Waals surface area contributed by atoms with E-state index in [0.29, 0.717) is 33.8 Å². The summed E-state index contributed by atoms with van der Waals surface area (Å²) < 4.78 is 32.2. The normalized spacial score (nSPS) is 23.5. The van der Waals surface area contributed by atoms with E-state index < -0.39 is 60.1 Å². The molecule has 0 bridgehead atoms. The van der Waals surface area contributed by atoms with E-state index in [4.69, 9.17) is 19.2 Å².